The molecule has 7 nitrogen and oxygen atoms in total. The molecule has 0 saturated heterocycles. The third-order valence-electron chi connectivity index (χ3n) is 2.70. The molecule has 0 bridgehead atoms. The van der Waals surface area contributed by atoms with Gasteiger partial charge < -0.3 is 0 Å². The first kappa shape index (κ1) is 14.2. The number of rotatable bonds is 3. The standard InChI is InChI=1S/C12H11BrN4O3/c13-9-6-17(12(20)15-11(9)19)5-7-3-1-2-4-8(7)10(18)16-14/h1-4,6H,5,14H2,(H,16,18)(H,15,19,20). The summed E-state index contributed by atoms with van der Waals surface area (Å²) in [5, 5.41) is 0. The summed E-state index contributed by atoms with van der Waals surface area (Å²) in [5.41, 5.74) is 1.97. The minimum Gasteiger partial charge on any atom is -0.295 e. The molecule has 20 heavy (non-hydrogen) atoms. The maximum Gasteiger partial charge on any atom is 0.328 e. The number of halogens is 1. The Bertz CT molecular complexity index is 766. The summed E-state index contributed by atoms with van der Waals surface area (Å²) < 4.78 is 1.52. The van der Waals surface area contributed by atoms with Crippen molar-refractivity contribution in [3.8, 4) is 0 Å². The van der Waals surface area contributed by atoms with Gasteiger partial charge in [-0.3, -0.25) is 24.6 Å². The summed E-state index contributed by atoms with van der Waals surface area (Å²) >= 11 is 3.05. The molecule has 1 heterocycles. The fraction of sp³-hybridized carbons (Fsp3) is 0.0833. The maximum atomic E-state index is 11.7. The van der Waals surface area contributed by atoms with Crippen LogP contribution in [0.25, 0.3) is 0 Å². The molecule has 0 aliphatic rings. The van der Waals surface area contributed by atoms with Crippen molar-refractivity contribution in [2.75, 3.05) is 0 Å². The van der Waals surface area contributed by atoms with Gasteiger partial charge in [0.25, 0.3) is 11.5 Å². The molecule has 0 fully saturated rings. The van der Waals surface area contributed by atoms with E-state index in [0.717, 1.165) is 0 Å². The third-order valence-corrected chi connectivity index (χ3v) is 3.27. The van der Waals surface area contributed by atoms with Crippen LogP contribution >= 0.6 is 15.9 Å². The van der Waals surface area contributed by atoms with E-state index in [4.69, 9.17) is 5.84 Å². The van der Waals surface area contributed by atoms with Gasteiger partial charge in [-0.1, -0.05) is 18.2 Å². The van der Waals surface area contributed by atoms with E-state index in [9.17, 15) is 14.4 Å². The molecule has 0 atom stereocenters. The number of carbonyl (C=O) groups excluding carboxylic acids is 1. The van der Waals surface area contributed by atoms with Gasteiger partial charge in [0.1, 0.15) is 0 Å². The van der Waals surface area contributed by atoms with Gasteiger partial charge in [-0.2, -0.15) is 0 Å². The summed E-state index contributed by atoms with van der Waals surface area (Å²) in [6, 6.07) is 6.74. The highest BCUT2D eigenvalue weighted by Gasteiger charge is 2.11. The number of nitrogens with one attached hydrogen (secondary N) is 2. The van der Waals surface area contributed by atoms with Crippen molar-refractivity contribution in [3.05, 3.63) is 66.9 Å². The topological polar surface area (TPSA) is 110 Å². The van der Waals surface area contributed by atoms with Crippen molar-refractivity contribution in [3.63, 3.8) is 0 Å². The van der Waals surface area contributed by atoms with Gasteiger partial charge in [0.15, 0.2) is 0 Å². The number of aromatic amines is 1. The Morgan fingerprint density at radius 3 is 2.75 bits per heavy atom. The minimum atomic E-state index is -0.554. The molecule has 1 aromatic heterocycles. The van der Waals surface area contributed by atoms with Gasteiger partial charge in [0, 0.05) is 11.8 Å². The summed E-state index contributed by atoms with van der Waals surface area (Å²) in [5.74, 6) is 4.67. The Morgan fingerprint density at radius 2 is 2.05 bits per heavy atom. The van der Waals surface area contributed by atoms with Crippen LogP contribution < -0.4 is 22.5 Å². The normalized spacial score (nSPS) is 10.3. The largest absolute Gasteiger partial charge is 0.328 e. The van der Waals surface area contributed by atoms with E-state index < -0.39 is 17.2 Å². The van der Waals surface area contributed by atoms with Gasteiger partial charge in [-0.15, -0.1) is 0 Å². The highest BCUT2D eigenvalue weighted by atomic mass is 79.9. The van der Waals surface area contributed by atoms with Gasteiger partial charge in [0.2, 0.25) is 0 Å². The van der Waals surface area contributed by atoms with E-state index in [1.54, 1.807) is 24.3 Å². The second-order valence-corrected chi connectivity index (χ2v) is 4.85. The van der Waals surface area contributed by atoms with Crippen LogP contribution in [-0.4, -0.2) is 15.5 Å². The zero-order valence-electron chi connectivity index (χ0n) is 10.2. The van der Waals surface area contributed by atoms with Crippen molar-refractivity contribution < 1.29 is 4.79 Å². The summed E-state index contributed by atoms with van der Waals surface area (Å²) in [6.07, 6.45) is 1.37. The molecule has 0 saturated carbocycles. The van der Waals surface area contributed by atoms with Crippen molar-refractivity contribution in [1.82, 2.24) is 15.0 Å². The van der Waals surface area contributed by atoms with Crippen LogP contribution in [0.3, 0.4) is 0 Å². The summed E-state index contributed by atoms with van der Waals surface area (Å²) in [4.78, 5) is 36.8. The lowest BCUT2D eigenvalue weighted by molar-refractivity contribution is 0.0952. The number of H-pyrrole nitrogens is 1. The molecule has 0 unspecified atom stereocenters. The zero-order valence-corrected chi connectivity index (χ0v) is 11.8. The number of benzene rings is 1. The molecule has 0 spiro atoms. The smallest absolute Gasteiger partial charge is 0.295 e. The second-order valence-electron chi connectivity index (χ2n) is 3.99. The number of amides is 1. The van der Waals surface area contributed by atoms with Crippen molar-refractivity contribution in [2.45, 2.75) is 6.54 Å². The Kier molecular flexibility index (Phi) is 4.16. The number of nitrogen functional groups attached to an aromatic ring is 1. The number of hydrazine groups is 1. The third kappa shape index (κ3) is 2.86. The monoisotopic (exact) mass is 338 g/mol. The van der Waals surface area contributed by atoms with Crippen molar-refractivity contribution >= 4 is 21.8 Å². The quantitative estimate of drug-likeness (QED) is 0.414. The van der Waals surface area contributed by atoms with Crippen LogP contribution in [0.2, 0.25) is 0 Å². The minimum absolute atomic E-state index is 0.137. The molecule has 0 radical (unpaired) electrons. The first-order valence-corrected chi connectivity index (χ1v) is 6.40. The van der Waals surface area contributed by atoms with E-state index in [-0.39, 0.29) is 11.0 Å². The molecule has 1 aromatic carbocycles. The second kappa shape index (κ2) is 5.85. The highest BCUT2D eigenvalue weighted by Crippen LogP contribution is 2.10. The average molecular weight is 339 g/mol. The molecule has 0 aliphatic heterocycles. The van der Waals surface area contributed by atoms with Crippen LogP contribution in [-0.2, 0) is 6.54 Å². The van der Waals surface area contributed by atoms with Gasteiger partial charge in [0.05, 0.1) is 11.0 Å². The summed E-state index contributed by atoms with van der Waals surface area (Å²) in [7, 11) is 0. The summed E-state index contributed by atoms with van der Waals surface area (Å²) in [6.45, 7) is 0.137. The van der Waals surface area contributed by atoms with Crippen LogP contribution in [0, 0.1) is 0 Å². The Hall–Kier alpha value is -2.19. The molecular formula is C12H11BrN4O3. The fourth-order valence-corrected chi connectivity index (χ4v) is 2.09. The Morgan fingerprint density at radius 1 is 1.35 bits per heavy atom. The fourth-order valence-electron chi connectivity index (χ4n) is 1.74. The van der Waals surface area contributed by atoms with E-state index in [1.165, 1.54) is 10.8 Å². The average Bonchev–Trinajstić information content (AvgIpc) is 2.44. The SMILES string of the molecule is NNC(=O)c1ccccc1Cn1cc(Br)c(=O)[nH]c1=O. The maximum absolute atomic E-state index is 11.7. The van der Waals surface area contributed by atoms with Crippen LogP contribution in [0.1, 0.15) is 15.9 Å². The van der Waals surface area contributed by atoms with E-state index >= 15 is 0 Å². The first-order chi connectivity index (χ1) is 9.52. The van der Waals surface area contributed by atoms with E-state index in [0.29, 0.717) is 11.1 Å². The predicted molar refractivity (Wildman–Crippen MR) is 76.2 cm³/mol. The lowest BCUT2D eigenvalue weighted by Crippen LogP contribution is -2.33. The Labute approximate surface area is 121 Å². The number of nitrogens with two attached hydrogens (primary N) is 1. The molecule has 4 N–H and O–H groups in total. The molecular weight excluding hydrogens is 328 g/mol. The number of carbonyl (C=O) groups is 1. The van der Waals surface area contributed by atoms with Crippen LogP contribution in [0.15, 0.2) is 44.5 Å². The van der Waals surface area contributed by atoms with Gasteiger partial charge >= 0.3 is 5.69 Å². The van der Waals surface area contributed by atoms with Crippen LogP contribution in [0.4, 0.5) is 0 Å². The number of hydrogen-bond acceptors (Lipinski definition) is 4. The van der Waals surface area contributed by atoms with Crippen molar-refractivity contribution in [2.24, 2.45) is 5.84 Å². The number of aromatic nitrogens is 2. The van der Waals surface area contributed by atoms with E-state index in [1.807, 2.05) is 5.43 Å². The van der Waals surface area contributed by atoms with Crippen LogP contribution in [0.5, 0.6) is 0 Å². The first-order valence-electron chi connectivity index (χ1n) is 5.61. The van der Waals surface area contributed by atoms with Gasteiger partial charge in [-0.05, 0) is 27.6 Å². The molecule has 2 aromatic rings. The highest BCUT2D eigenvalue weighted by molar-refractivity contribution is 9.10. The van der Waals surface area contributed by atoms with Crippen molar-refractivity contribution in [1.29, 1.82) is 0 Å². The number of nitrogens with zero attached hydrogens (tertiary/aromatic N) is 1. The molecule has 104 valence electrons. The lowest BCUT2D eigenvalue weighted by atomic mass is 10.1. The van der Waals surface area contributed by atoms with Gasteiger partial charge in [-0.25, -0.2) is 10.6 Å². The Balaban J connectivity index is 2.46. The van der Waals surface area contributed by atoms with E-state index in [2.05, 4.69) is 20.9 Å². The zero-order chi connectivity index (χ0) is 14.7. The number of hydrogen-bond donors (Lipinski definition) is 3. The molecule has 0 aliphatic carbocycles. The predicted octanol–water partition coefficient (Wildman–Crippen LogP) is -0.0491. The molecule has 8 heteroatoms. The molecule has 1 amide bonds. The lowest BCUT2D eigenvalue weighted by Gasteiger charge is -2.10. The molecule has 2 rings (SSSR count).